The van der Waals surface area contributed by atoms with Crippen molar-refractivity contribution in [3.63, 3.8) is 0 Å². The van der Waals surface area contributed by atoms with Gasteiger partial charge in [0.05, 0.1) is 12.1 Å². The maximum absolute atomic E-state index is 5.06. The summed E-state index contributed by atoms with van der Waals surface area (Å²) in [6.07, 6.45) is 5.49. The first-order valence-corrected chi connectivity index (χ1v) is 9.84. The van der Waals surface area contributed by atoms with Crippen molar-refractivity contribution >= 4 is 0 Å². The molecule has 0 amide bonds. The van der Waals surface area contributed by atoms with Crippen molar-refractivity contribution < 1.29 is 4.68 Å². The molecule has 0 saturated carbocycles. The van der Waals surface area contributed by atoms with E-state index in [0.29, 0.717) is 0 Å². The molecule has 0 N–H and O–H groups in total. The van der Waals surface area contributed by atoms with E-state index in [9.17, 15) is 0 Å². The topological polar surface area (TPSA) is 21.7 Å². The summed E-state index contributed by atoms with van der Waals surface area (Å²) in [5.41, 5.74) is 9.36. The minimum Gasteiger partial charge on any atom is -0.178 e. The van der Waals surface area contributed by atoms with E-state index >= 15 is 0 Å². The molecule has 3 rings (SSSR count). The van der Waals surface area contributed by atoms with E-state index < -0.39 is 0 Å². The van der Waals surface area contributed by atoms with Crippen LogP contribution in [0.4, 0.5) is 0 Å². The molecule has 3 heteroatoms. The van der Waals surface area contributed by atoms with Gasteiger partial charge in [-0.2, -0.15) is 4.68 Å². The molecular weight excluding hydrogens is 294 g/mol. The average Bonchev–Trinajstić information content (AvgIpc) is 3.14. The Kier molecular flexibility index (Phi) is 4.80. The number of nitrogens with zero attached hydrogens (tertiary/aromatic N) is 3. The number of fused-ring (bicyclic) bond motifs is 3. The molecule has 130 valence electrons. The van der Waals surface area contributed by atoms with Crippen LogP contribution in [0.2, 0.25) is 0 Å². The highest BCUT2D eigenvalue weighted by Gasteiger charge is 2.38. The molecule has 2 aromatic rings. The van der Waals surface area contributed by atoms with Gasteiger partial charge in [0.15, 0.2) is 0 Å². The van der Waals surface area contributed by atoms with E-state index in [1.54, 1.807) is 27.8 Å². The van der Waals surface area contributed by atoms with Crippen LogP contribution in [0, 0.1) is 0 Å². The van der Waals surface area contributed by atoms with Gasteiger partial charge in [0.2, 0.25) is 0 Å². The highest BCUT2D eigenvalue weighted by atomic mass is 15.5. The lowest BCUT2D eigenvalue weighted by atomic mass is 9.83. The average molecular weight is 327 g/mol. The second-order valence-corrected chi connectivity index (χ2v) is 6.66. The maximum atomic E-state index is 5.06. The van der Waals surface area contributed by atoms with E-state index in [4.69, 9.17) is 4.98 Å². The Morgan fingerprint density at radius 3 is 1.88 bits per heavy atom. The molecule has 0 bridgehead atoms. The lowest BCUT2D eigenvalue weighted by molar-refractivity contribution is -0.755. The predicted octanol–water partition coefficient (Wildman–Crippen LogP) is 4.03. The fourth-order valence-electron chi connectivity index (χ4n) is 4.75. The lowest BCUT2D eigenvalue weighted by Crippen LogP contribution is -2.42. The van der Waals surface area contributed by atoms with Crippen molar-refractivity contribution in [2.24, 2.45) is 0 Å². The molecule has 0 fully saturated rings. The molecule has 3 nitrogen and oxygen atoms in total. The Labute approximate surface area is 146 Å². The van der Waals surface area contributed by atoms with E-state index in [1.165, 1.54) is 17.2 Å². The molecule has 2 heterocycles. The monoisotopic (exact) mass is 326 g/mol. The van der Waals surface area contributed by atoms with Crippen molar-refractivity contribution in [3.8, 4) is 11.4 Å². The van der Waals surface area contributed by atoms with Gasteiger partial charge in [-0.3, -0.25) is 0 Å². The zero-order valence-corrected chi connectivity index (χ0v) is 16.3. The van der Waals surface area contributed by atoms with Gasteiger partial charge in [-0.15, -0.1) is 4.68 Å². The molecule has 1 aromatic carbocycles. The van der Waals surface area contributed by atoms with Crippen LogP contribution in [0.15, 0.2) is 0 Å². The van der Waals surface area contributed by atoms with Crippen molar-refractivity contribution in [1.29, 1.82) is 0 Å². The third-order valence-corrected chi connectivity index (χ3v) is 5.69. The Morgan fingerprint density at radius 1 is 0.792 bits per heavy atom. The second-order valence-electron chi connectivity index (χ2n) is 6.66. The number of hydrogen-bond donors (Lipinski definition) is 0. The minimum atomic E-state index is 0.994. The Hall–Kier alpha value is -1.64. The van der Waals surface area contributed by atoms with Gasteiger partial charge in [0.1, 0.15) is 6.54 Å². The highest BCUT2D eigenvalue weighted by Crippen LogP contribution is 2.38. The maximum Gasteiger partial charge on any atom is 0.352 e. The van der Waals surface area contributed by atoms with Crippen LogP contribution in [0.1, 0.15) is 75.2 Å². The first-order chi connectivity index (χ1) is 11.7. The molecule has 0 unspecified atom stereocenters. The van der Waals surface area contributed by atoms with Gasteiger partial charge in [0.25, 0.3) is 5.82 Å². The summed E-state index contributed by atoms with van der Waals surface area (Å²) in [5, 5.41) is 0. The summed E-state index contributed by atoms with van der Waals surface area (Å²) in [6.45, 7) is 15.7. The van der Waals surface area contributed by atoms with Crippen molar-refractivity contribution in [3.05, 3.63) is 33.6 Å². The van der Waals surface area contributed by atoms with Gasteiger partial charge in [-0.1, -0.05) is 34.6 Å². The second kappa shape index (κ2) is 6.70. The van der Waals surface area contributed by atoms with Crippen LogP contribution >= 0.6 is 0 Å². The molecule has 24 heavy (non-hydrogen) atoms. The van der Waals surface area contributed by atoms with Gasteiger partial charge >= 0.3 is 5.82 Å². The lowest BCUT2D eigenvalue weighted by Gasteiger charge is -2.19. The number of aryl methyl sites for hydroxylation is 1. The molecule has 0 aliphatic carbocycles. The SMILES string of the molecule is CCc1c(CC)c(CC)c2c(c1CC)C[n+]1c-2nc(CC)n1CC. The fourth-order valence-corrected chi connectivity index (χ4v) is 4.75. The Balaban J connectivity index is 2.37. The number of benzene rings is 1. The fraction of sp³-hybridized carbons (Fsp3) is 0.619. The van der Waals surface area contributed by atoms with E-state index in [2.05, 4.69) is 50.9 Å². The number of rotatable bonds is 6. The van der Waals surface area contributed by atoms with Crippen LogP contribution in [-0.2, 0) is 45.2 Å². The standard InChI is InChI=1S/C21H32N3/c1-7-14-15(8-2)17(10-4)20-18(16(14)9-3)13-24-21(20)22-19(11-5)23(24)12-6/h7-13H2,1-6H3/q+1. The Bertz CT molecular complexity index is 768. The quantitative estimate of drug-likeness (QED) is 0.627. The summed E-state index contributed by atoms with van der Waals surface area (Å²) in [5.74, 6) is 2.43. The van der Waals surface area contributed by atoms with E-state index in [-0.39, 0.29) is 0 Å². The van der Waals surface area contributed by atoms with E-state index in [1.807, 2.05) is 0 Å². The summed E-state index contributed by atoms with van der Waals surface area (Å²) >= 11 is 0. The number of hydrogen-bond acceptors (Lipinski definition) is 1. The normalized spacial score (nSPS) is 12.6. The molecule has 1 aliphatic rings. The largest absolute Gasteiger partial charge is 0.352 e. The van der Waals surface area contributed by atoms with Gasteiger partial charge in [0, 0.05) is 12.0 Å². The molecule has 1 aromatic heterocycles. The number of aromatic nitrogens is 3. The van der Waals surface area contributed by atoms with Crippen molar-refractivity contribution in [2.75, 3.05) is 0 Å². The first-order valence-electron chi connectivity index (χ1n) is 9.84. The smallest absolute Gasteiger partial charge is 0.178 e. The molecule has 0 saturated heterocycles. The van der Waals surface area contributed by atoms with Crippen molar-refractivity contribution in [2.45, 2.75) is 86.7 Å². The summed E-state index contributed by atoms with van der Waals surface area (Å²) in [4.78, 5) is 5.06. The molecule has 0 atom stereocenters. The van der Waals surface area contributed by atoms with Crippen molar-refractivity contribution in [1.82, 2.24) is 9.67 Å². The third-order valence-electron chi connectivity index (χ3n) is 5.69. The van der Waals surface area contributed by atoms with Crippen LogP contribution < -0.4 is 4.68 Å². The zero-order valence-electron chi connectivity index (χ0n) is 16.3. The van der Waals surface area contributed by atoms with E-state index in [0.717, 1.165) is 45.2 Å². The Morgan fingerprint density at radius 2 is 1.38 bits per heavy atom. The van der Waals surface area contributed by atoms with Crippen LogP contribution in [0.25, 0.3) is 11.4 Å². The summed E-state index contributed by atoms with van der Waals surface area (Å²) in [7, 11) is 0. The molecule has 0 spiro atoms. The third kappa shape index (κ3) is 2.24. The van der Waals surface area contributed by atoms with Crippen LogP contribution in [0.5, 0.6) is 0 Å². The zero-order chi connectivity index (χ0) is 17.4. The minimum absolute atomic E-state index is 0.994. The van der Waals surface area contributed by atoms with Crippen LogP contribution in [-0.4, -0.2) is 9.67 Å². The van der Waals surface area contributed by atoms with Gasteiger partial charge in [-0.05, 0) is 59.8 Å². The molecule has 1 aliphatic heterocycles. The molecular formula is C21H32N3+. The van der Waals surface area contributed by atoms with Crippen LogP contribution in [0.3, 0.4) is 0 Å². The van der Waals surface area contributed by atoms with Gasteiger partial charge < -0.3 is 0 Å². The molecule has 0 radical (unpaired) electrons. The summed E-state index contributed by atoms with van der Waals surface area (Å²) < 4.78 is 4.81. The first kappa shape index (κ1) is 17.2. The van der Waals surface area contributed by atoms with Gasteiger partial charge in [-0.25, -0.2) is 0 Å². The summed E-state index contributed by atoms with van der Waals surface area (Å²) in [6, 6.07) is 0. The predicted molar refractivity (Wildman–Crippen MR) is 99.5 cm³/mol. The highest BCUT2D eigenvalue weighted by molar-refractivity contribution is 5.71.